The van der Waals surface area contributed by atoms with E-state index in [1.54, 1.807) is 37.4 Å². The maximum atomic E-state index is 13.2. The first kappa shape index (κ1) is 30.2. The summed E-state index contributed by atoms with van der Waals surface area (Å²) in [4.78, 5) is 30.3. The normalized spacial score (nSPS) is 12.5. The molecule has 0 aliphatic heterocycles. The van der Waals surface area contributed by atoms with Crippen molar-refractivity contribution in [3.8, 4) is 17.2 Å². The third-order valence-corrected chi connectivity index (χ3v) is 8.72. The fraction of sp³-hybridized carbons (Fsp3) is 0.323. The Balaban J connectivity index is 1.40. The molecule has 0 radical (unpaired) electrons. The van der Waals surface area contributed by atoms with Crippen LogP contribution in [0.2, 0.25) is 0 Å². The molecule has 0 fully saturated rings. The Bertz CT molecular complexity index is 1540. The molecule has 1 heterocycles. The number of hydrogen-bond donors (Lipinski definition) is 3. The van der Waals surface area contributed by atoms with E-state index < -0.39 is 0 Å². The largest absolute Gasteiger partial charge is 0.508 e. The molecule has 2 atom stereocenters. The smallest absolute Gasteiger partial charge is 0.259 e. The number of nitrogens with zero attached hydrogens (tertiary/aromatic N) is 1. The lowest BCUT2D eigenvalue weighted by Gasteiger charge is -2.19. The van der Waals surface area contributed by atoms with Gasteiger partial charge >= 0.3 is 0 Å². The van der Waals surface area contributed by atoms with Crippen molar-refractivity contribution in [2.75, 3.05) is 18.2 Å². The zero-order valence-electron chi connectivity index (χ0n) is 23.8. The number of phenols is 1. The number of para-hydroxylation sites is 1. The van der Waals surface area contributed by atoms with Crippen LogP contribution in [0.25, 0.3) is 10.2 Å². The second kappa shape index (κ2) is 13.7. The summed E-state index contributed by atoms with van der Waals surface area (Å²) in [5.41, 5.74) is 3.29. The summed E-state index contributed by atoms with van der Waals surface area (Å²) >= 11 is 2.80. The number of hydrogen-bond acceptors (Lipinski definition) is 8. The Labute approximate surface area is 248 Å². The van der Waals surface area contributed by atoms with Gasteiger partial charge in [0.2, 0.25) is 5.91 Å². The Hall–Kier alpha value is -3.76. The minimum atomic E-state index is -0.318. The number of phenolic OH excluding ortho intramolecular Hbond substituents is 1. The first-order valence-corrected chi connectivity index (χ1v) is 15.3. The van der Waals surface area contributed by atoms with Gasteiger partial charge in [-0.1, -0.05) is 43.3 Å². The Morgan fingerprint density at radius 3 is 2.63 bits per heavy atom. The predicted molar refractivity (Wildman–Crippen MR) is 166 cm³/mol. The van der Waals surface area contributed by atoms with Gasteiger partial charge in [-0.15, -0.1) is 11.3 Å². The van der Waals surface area contributed by atoms with Crippen LogP contribution in [0.3, 0.4) is 0 Å². The molecular weight excluding hydrogens is 558 g/mol. The summed E-state index contributed by atoms with van der Waals surface area (Å²) in [6, 6.07) is 15.7. The van der Waals surface area contributed by atoms with E-state index in [-0.39, 0.29) is 35.5 Å². The molecule has 0 saturated heterocycles. The number of thioether (sulfide) groups is 1. The number of thiazole rings is 1. The molecule has 41 heavy (non-hydrogen) atoms. The number of rotatable bonds is 12. The summed E-state index contributed by atoms with van der Waals surface area (Å²) in [7, 11) is 1.55. The molecule has 0 aliphatic carbocycles. The molecule has 10 heteroatoms. The van der Waals surface area contributed by atoms with Crippen molar-refractivity contribution in [1.29, 1.82) is 0 Å². The van der Waals surface area contributed by atoms with E-state index in [1.807, 2.05) is 45.0 Å². The average Bonchev–Trinajstić information content (AvgIpc) is 3.35. The van der Waals surface area contributed by atoms with Gasteiger partial charge in [0.05, 0.1) is 40.8 Å². The van der Waals surface area contributed by atoms with E-state index >= 15 is 0 Å². The van der Waals surface area contributed by atoms with E-state index in [4.69, 9.17) is 9.47 Å². The summed E-state index contributed by atoms with van der Waals surface area (Å²) < 4.78 is 13.3. The van der Waals surface area contributed by atoms with Crippen molar-refractivity contribution in [3.63, 3.8) is 0 Å². The molecule has 216 valence electrons. The molecule has 0 saturated carbocycles. The van der Waals surface area contributed by atoms with E-state index in [0.717, 1.165) is 33.0 Å². The maximum Gasteiger partial charge on any atom is 0.259 e. The highest BCUT2D eigenvalue weighted by Gasteiger charge is 2.19. The molecule has 3 N–H and O–H groups in total. The van der Waals surface area contributed by atoms with Crippen LogP contribution in [0.5, 0.6) is 17.2 Å². The van der Waals surface area contributed by atoms with E-state index in [1.165, 1.54) is 23.1 Å². The van der Waals surface area contributed by atoms with E-state index in [9.17, 15) is 14.7 Å². The van der Waals surface area contributed by atoms with Gasteiger partial charge in [-0.3, -0.25) is 9.59 Å². The number of aromatic hydroxyl groups is 1. The molecule has 0 spiro atoms. The lowest BCUT2D eigenvalue weighted by atomic mass is 10.1. The van der Waals surface area contributed by atoms with Crippen LogP contribution in [-0.2, 0) is 4.79 Å². The third-order valence-electron chi connectivity index (χ3n) is 6.56. The summed E-state index contributed by atoms with van der Waals surface area (Å²) in [5, 5.41) is 15.9. The number of nitrogens with one attached hydrogen (secondary N) is 2. The van der Waals surface area contributed by atoms with Gasteiger partial charge in [-0.2, -0.15) is 0 Å². The van der Waals surface area contributed by atoms with Gasteiger partial charge < -0.3 is 25.2 Å². The van der Waals surface area contributed by atoms with Crippen molar-refractivity contribution < 1.29 is 24.2 Å². The monoisotopic (exact) mass is 593 g/mol. The van der Waals surface area contributed by atoms with Gasteiger partial charge in [0.1, 0.15) is 17.2 Å². The van der Waals surface area contributed by atoms with Crippen LogP contribution in [-0.4, -0.2) is 40.9 Å². The van der Waals surface area contributed by atoms with Crippen LogP contribution >= 0.6 is 23.1 Å². The number of ether oxygens (including phenoxy) is 2. The van der Waals surface area contributed by atoms with Crippen LogP contribution in [0.15, 0.2) is 58.9 Å². The van der Waals surface area contributed by atoms with E-state index in [0.29, 0.717) is 28.3 Å². The zero-order chi connectivity index (χ0) is 29.5. The first-order chi connectivity index (χ1) is 19.7. The molecule has 8 nitrogen and oxygen atoms in total. The number of carbonyl (C=O) groups is 2. The molecule has 4 aromatic rings. The Morgan fingerprint density at radius 2 is 1.90 bits per heavy atom. The number of carbonyl (C=O) groups excluding carboxylic acids is 2. The minimum absolute atomic E-state index is 0.0685. The lowest BCUT2D eigenvalue weighted by Crippen LogP contribution is -2.28. The molecule has 1 aromatic heterocycles. The number of methoxy groups -OCH3 is 1. The quantitative estimate of drug-likeness (QED) is 0.150. The van der Waals surface area contributed by atoms with Crippen LogP contribution in [0, 0.1) is 6.92 Å². The molecule has 1 unspecified atom stereocenters. The highest BCUT2D eigenvalue weighted by atomic mass is 32.2. The SMILES string of the molecule is CCCC(C)Oc1ccc(C(=O)Nc2ccc3nc(SCC(=O)N[C@@H](C)c4ccccc4O)sc3c2)c(OC)c1C. The summed E-state index contributed by atoms with van der Waals surface area (Å²) in [6.07, 6.45) is 2.03. The van der Waals surface area contributed by atoms with Crippen LogP contribution in [0.1, 0.15) is 61.1 Å². The second-order valence-corrected chi connectivity index (χ2v) is 12.0. The van der Waals surface area contributed by atoms with Crippen molar-refractivity contribution in [1.82, 2.24) is 10.3 Å². The van der Waals surface area contributed by atoms with Crippen molar-refractivity contribution in [3.05, 3.63) is 71.3 Å². The first-order valence-electron chi connectivity index (χ1n) is 13.5. The molecule has 0 bridgehead atoms. The Kier molecular flexibility index (Phi) is 10.1. The number of anilines is 1. The summed E-state index contributed by atoms with van der Waals surface area (Å²) in [6.45, 7) is 7.87. The van der Waals surface area contributed by atoms with Gasteiger partial charge in [-0.05, 0) is 63.6 Å². The van der Waals surface area contributed by atoms with Crippen molar-refractivity contribution in [2.24, 2.45) is 0 Å². The average molecular weight is 594 g/mol. The Morgan fingerprint density at radius 1 is 1.12 bits per heavy atom. The second-order valence-electron chi connectivity index (χ2n) is 9.74. The number of benzene rings is 3. The number of aromatic nitrogens is 1. The van der Waals surface area contributed by atoms with E-state index in [2.05, 4.69) is 22.5 Å². The van der Waals surface area contributed by atoms with Gasteiger partial charge in [0.25, 0.3) is 5.91 Å². The van der Waals surface area contributed by atoms with Gasteiger partial charge in [0, 0.05) is 16.8 Å². The molecular formula is C31H35N3O5S2. The van der Waals surface area contributed by atoms with Gasteiger partial charge in [-0.25, -0.2) is 4.98 Å². The highest BCUT2D eigenvalue weighted by molar-refractivity contribution is 8.01. The highest BCUT2D eigenvalue weighted by Crippen LogP contribution is 2.34. The minimum Gasteiger partial charge on any atom is -0.508 e. The molecule has 0 aliphatic rings. The lowest BCUT2D eigenvalue weighted by molar-refractivity contribution is -0.119. The van der Waals surface area contributed by atoms with Crippen molar-refractivity contribution >= 4 is 50.8 Å². The molecule has 2 amide bonds. The van der Waals surface area contributed by atoms with Gasteiger partial charge in [0.15, 0.2) is 4.34 Å². The van der Waals surface area contributed by atoms with Crippen LogP contribution < -0.4 is 20.1 Å². The van der Waals surface area contributed by atoms with Crippen LogP contribution in [0.4, 0.5) is 5.69 Å². The molecule has 4 rings (SSSR count). The fourth-order valence-corrected chi connectivity index (χ4v) is 6.43. The molecule has 3 aromatic carbocycles. The predicted octanol–water partition coefficient (Wildman–Crippen LogP) is 7.11. The summed E-state index contributed by atoms with van der Waals surface area (Å²) in [5.74, 6) is 1.09. The fourth-order valence-electron chi connectivity index (χ4n) is 4.51. The number of fused-ring (bicyclic) bond motifs is 1. The standard InChI is InChI=1S/C31H35N3O5S2/c1-6-9-18(2)39-26-15-13-23(29(38-5)19(26)3)30(37)33-21-12-14-24-27(16-21)41-31(34-24)40-17-28(36)32-20(4)22-10-7-8-11-25(22)35/h7-8,10-16,18,20,35H,6,9,17H2,1-5H3,(H,32,36)(H,33,37)/t18?,20-/m0/s1. The maximum absolute atomic E-state index is 13.2. The topological polar surface area (TPSA) is 110 Å². The van der Waals surface area contributed by atoms with Crippen molar-refractivity contribution in [2.45, 2.75) is 57.0 Å². The zero-order valence-corrected chi connectivity index (χ0v) is 25.4. The third kappa shape index (κ3) is 7.51. The number of amides is 2.